The van der Waals surface area contributed by atoms with Crippen LogP contribution < -0.4 is 0 Å². The largest absolute Gasteiger partial charge is 0.393 e. The van der Waals surface area contributed by atoms with Gasteiger partial charge in [-0.2, -0.15) is 0 Å². The Morgan fingerprint density at radius 1 is 1.33 bits per heavy atom. The summed E-state index contributed by atoms with van der Waals surface area (Å²) in [5.74, 6) is 0. The summed E-state index contributed by atoms with van der Waals surface area (Å²) < 4.78 is 0. The van der Waals surface area contributed by atoms with E-state index < -0.39 is 0 Å². The normalized spacial score (nSPS) is 33.5. The fourth-order valence-corrected chi connectivity index (χ4v) is 1.41. The van der Waals surface area contributed by atoms with E-state index in [0.29, 0.717) is 0 Å². The topological polar surface area (TPSA) is 20.2 Å². The van der Waals surface area contributed by atoms with E-state index in [2.05, 4.69) is 25.2 Å². The van der Waals surface area contributed by atoms with Crippen LogP contribution >= 0.6 is 0 Å². The number of aliphatic hydroxyl groups excluding tert-OH is 1. The molecule has 0 saturated heterocycles. The summed E-state index contributed by atoms with van der Waals surface area (Å²) in [5.41, 5.74) is 1.42. The maximum Gasteiger partial charge on any atom is 0.0577 e. The van der Waals surface area contributed by atoms with Crippen molar-refractivity contribution in [1.82, 2.24) is 0 Å². The van der Waals surface area contributed by atoms with Crippen LogP contribution in [0.25, 0.3) is 0 Å². The second-order valence-electron chi connectivity index (χ2n) is 3.53. The lowest BCUT2D eigenvalue weighted by molar-refractivity contribution is 0.168. The lowest BCUT2D eigenvalue weighted by Gasteiger charge is -2.09. The molecule has 0 bridgehead atoms. The molecule has 0 saturated carbocycles. The van der Waals surface area contributed by atoms with E-state index in [1.54, 1.807) is 0 Å². The second-order valence-corrected chi connectivity index (χ2v) is 3.53. The fraction of sp³-hybridized carbons (Fsp3) is 0.636. The van der Waals surface area contributed by atoms with Crippen LogP contribution in [0.5, 0.6) is 0 Å². The van der Waals surface area contributed by atoms with Crippen molar-refractivity contribution in [3.05, 3.63) is 23.8 Å². The van der Waals surface area contributed by atoms with Crippen molar-refractivity contribution < 1.29 is 5.11 Å². The summed E-state index contributed by atoms with van der Waals surface area (Å²) in [6, 6.07) is 0. The molecule has 0 amide bonds. The Kier molecular flexibility index (Phi) is 4.09. The quantitative estimate of drug-likeness (QED) is 0.549. The van der Waals surface area contributed by atoms with Gasteiger partial charge < -0.3 is 5.11 Å². The van der Waals surface area contributed by atoms with Crippen LogP contribution in [0.4, 0.5) is 0 Å². The predicted molar refractivity (Wildman–Crippen MR) is 52.0 cm³/mol. The van der Waals surface area contributed by atoms with Gasteiger partial charge in [0.2, 0.25) is 0 Å². The van der Waals surface area contributed by atoms with Crippen LogP contribution in [0.3, 0.4) is 0 Å². The molecule has 68 valence electrons. The third-order valence-corrected chi connectivity index (χ3v) is 2.27. The Balaban J connectivity index is 2.45. The zero-order valence-corrected chi connectivity index (χ0v) is 7.79. The molecule has 1 N–H and O–H groups in total. The minimum absolute atomic E-state index is 0.136. The van der Waals surface area contributed by atoms with Crippen LogP contribution in [0.15, 0.2) is 23.8 Å². The molecule has 0 spiro atoms. The summed E-state index contributed by atoms with van der Waals surface area (Å²) in [6.07, 6.45) is 11.5. The Morgan fingerprint density at radius 3 is 3.00 bits per heavy atom. The van der Waals surface area contributed by atoms with Gasteiger partial charge in [0, 0.05) is 0 Å². The van der Waals surface area contributed by atoms with Crippen molar-refractivity contribution in [3.8, 4) is 0 Å². The standard InChI is InChI=1S/C11H18O/c1-10-6-4-2-3-5-7-11(12)9-8-10/h3,5-6,11-12H,2,4,7-9H2,1H3/b5-3+,10-6+/t11-/m1/s1. The third kappa shape index (κ3) is 3.72. The molecule has 0 aromatic heterocycles. The van der Waals surface area contributed by atoms with E-state index in [1.807, 2.05) is 0 Å². The zero-order chi connectivity index (χ0) is 8.81. The second kappa shape index (κ2) is 5.15. The minimum atomic E-state index is -0.136. The number of hydrogen-bond donors (Lipinski definition) is 1. The molecule has 0 aliphatic heterocycles. The highest BCUT2D eigenvalue weighted by molar-refractivity contribution is 5.01. The Hall–Kier alpha value is -0.560. The molecule has 0 radical (unpaired) electrons. The van der Waals surface area contributed by atoms with Crippen LogP contribution in [0.1, 0.15) is 39.0 Å². The maximum absolute atomic E-state index is 9.47. The maximum atomic E-state index is 9.47. The number of allylic oxidation sites excluding steroid dienone is 3. The van der Waals surface area contributed by atoms with Gasteiger partial charge in [-0.25, -0.2) is 0 Å². The monoisotopic (exact) mass is 166 g/mol. The molecule has 12 heavy (non-hydrogen) atoms. The molecule has 0 fully saturated rings. The van der Waals surface area contributed by atoms with Crippen molar-refractivity contribution in [2.75, 3.05) is 0 Å². The molecule has 1 rings (SSSR count). The highest BCUT2D eigenvalue weighted by Gasteiger charge is 2.02. The Morgan fingerprint density at radius 2 is 2.17 bits per heavy atom. The highest BCUT2D eigenvalue weighted by atomic mass is 16.3. The lowest BCUT2D eigenvalue weighted by atomic mass is 10.0. The van der Waals surface area contributed by atoms with Crippen LogP contribution in [0, 0.1) is 0 Å². The van der Waals surface area contributed by atoms with E-state index in [9.17, 15) is 5.11 Å². The molecule has 0 aromatic rings. The molecule has 1 atom stereocenters. The van der Waals surface area contributed by atoms with Crippen molar-refractivity contribution in [1.29, 1.82) is 0 Å². The predicted octanol–water partition coefficient (Wildman–Crippen LogP) is 2.81. The minimum Gasteiger partial charge on any atom is -0.393 e. The van der Waals surface area contributed by atoms with Crippen molar-refractivity contribution in [2.24, 2.45) is 0 Å². The lowest BCUT2D eigenvalue weighted by Crippen LogP contribution is -2.04. The summed E-state index contributed by atoms with van der Waals surface area (Å²) in [6.45, 7) is 2.15. The molecule has 0 unspecified atom stereocenters. The zero-order valence-electron chi connectivity index (χ0n) is 7.79. The van der Waals surface area contributed by atoms with Crippen molar-refractivity contribution in [3.63, 3.8) is 0 Å². The van der Waals surface area contributed by atoms with Gasteiger partial charge in [0.25, 0.3) is 0 Å². The summed E-state index contributed by atoms with van der Waals surface area (Å²) >= 11 is 0. The highest BCUT2D eigenvalue weighted by Crippen LogP contribution is 2.13. The van der Waals surface area contributed by atoms with E-state index in [1.165, 1.54) is 5.57 Å². The third-order valence-electron chi connectivity index (χ3n) is 2.27. The Labute approximate surface area is 74.8 Å². The molecule has 0 aromatic carbocycles. The molecule has 1 heteroatoms. The first kappa shape index (κ1) is 9.53. The molecule has 1 nitrogen and oxygen atoms in total. The van der Waals surface area contributed by atoms with E-state index >= 15 is 0 Å². The molecule has 0 heterocycles. The number of hydrogen-bond acceptors (Lipinski definition) is 1. The number of rotatable bonds is 0. The first-order valence-corrected chi connectivity index (χ1v) is 4.78. The smallest absolute Gasteiger partial charge is 0.0577 e. The van der Waals surface area contributed by atoms with Crippen LogP contribution in [0.2, 0.25) is 0 Å². The van der Waals surface area contributed by atoms with Crippen LogP contribution in [-0.2, 0) is 0 Å². The number of aliphatic hydroxyl groups is 1. The van der Waals surface area contributed by atoms with Gasteiger partial charge in [-0.1, -0.05) is 23.8 Å². The van der Waals surface area contributed by atoms with E-state index in [-0.39, 0.29) is 6.10 Å². The Bertz CT molecular complexity index is 179. The van der Waals surface area contributed by atoms with Gasteiger partial charge in [-0.05, 0) is 39.0 Å². The first-order valence-electron chi connectivity index (χ1n) is 4.78. The van der Waals surface area contributed by atoms with Crippen molar-refractivity contribution >= 4 is 0 Å². The molecular weight excluding hydrogens is 148 g/mol. The average molecular weight is 166 g/mol. The van der Waals surface area contributed by atoms with Gasteiger partial charge in [0.05, 0.1) is 6.10 Å². The van der Waals surface area contributed by atoms with Crippen molar-refractivity contribution in [2.45, 2.75) is 45.1 Å². The molecular formula is C11H18O. The van der Waals surface area contributed by atoms with Gasteiger partial charge in [-0.15, -0.1) is 0 Å². The van der Waals surface area contributed by atoms with Gasteiger partial charge in [0.15, 0.2) is 0 Å². The molecule has 1 aliphatic rings. The van der Waals surface area contributed by atoms with E-state index in [0.717, 1.165) is 32.1 Å². The first-order chi connectivity index (χ1) is 5.79. The van der Waals surface area contributed by atoms with Gasteiger partial charge >= 0.3 is 0 Å². The summed E-state index contributed by atoms with van der Waals surface area (Å²) in [7, 11) is 0. The van der Waals surface area contributed by atoms with Gasteiger partial charge in [-0.3, -0.25) is 0 Å². The summed E-state index contributed by atoms with van der Waals surface area (Å²) in [5, 5.41) is 9.47. The average Bonchev–Trinajstić information content (AvgIpc) is 2.07. The van der Waals surface area contributed by atoms with Crippen LogP contribution in [-0.4, -0.2) is 11.2 Å². The fourth-order valence-electron chi connectivity index (χ4n) is 1.41. The molecule has 1 aliphatic carbocycles. The van der Waals surface area contributed by atoms with Gasteiger partial charge in [0.1, 0.15) is 0 Å². The van der Waals surface area contributed by atoms with E-state index in [4.69, 9.17) is 0 Å². The summed E-state index contributed by atoms with van der Waals surface area (Å²) in [4.78, 5) is 0. The SMILES string of the molecule is C/C1=C\CC/C=C/C[C@@H](O)CC1.